The third kappa shape index (κ3) is 3.20. The number of carbonyl (C=O) groups excluding carboxylic acids is 1. The molecule has 0 aliphatic heterocycles. The Hall–Kier alpha value is -1.55. The van der Waals surface area contributed by atoms with Crippen LogP contribution in [0.2, 0.25) is 0 Å². The third-order valence-corrected chi connectivity index (χ3v) is 2.95. The average molecular weight is 233 g/mol. The summed E-state index contributed by atoms with van der Waals surface area (Å²) in [4.78, 5) is 11.8. The lowest BCUT2D eigenvalue weighted by molar-refractivity contribution is -0.117. The van der Waals surface area contributed by atoms with Gasteiger partial charge >= 0.3 is 0 Å². The van der Waals surface area contributed by atoms with Gasteiger partial charge in [-0.1, -0.05) is 12.1 Å². The second-order valence-corrected chi connectivity index (χ2v) is 4.46. The monoisotopic (exact) mass is 233 g/mol. The molecule has 4 nitrogen and oxygen atoms in total. The van der Waals surface area contributed by atoms with Gasteiger partial charge in [0, 0.05) is 6.04 Å². The number of anilines is 2. The predicted octanol–water partition coefficient (Wildman–Crippen LogP) is 1.81. The molecule has 1 aliphatic rings. The Morgan fingerprint density at radius 2 is 1.94 bits per heavy atom. The number of amides is 1. The van der Waals surface area contributed by atoms with E-state index in [4.69, 9.17) is 0 Å². The maximum Gasteiger partial charge on any atom is 0.241 e. The molecule has 0 spiro atoms. The van der Waals surface area contributed by atoms with Crippen LogP contribution in [0, 0.1) is 0 Å². The summed E-state index contributed by atoms with van der Waals surface area (Å²) < 4.78 is 0. The van der Waals surface area contributed by atoms with Gasteiger partial charge in [-0.05, 0) is 38.9 Å². The van der Waals surface area contributed by atoms with E-state index in [0.29, 0.717) is 6.04 Å². The summed E-state index contributed by atoms with van der Waals surface area (Å²) in [6, 6.07) is 8.21. The van der Waals surface area contributed by atoms with Crippen molar-refractivity contribution in [1.82, 2.24) is 5.32 Å². The number of rotatable bonds is 5. The van der Waals surface area contributed by atoms with Crippen molar-refractivity contribution in [3.8, 4) is 0 Å². The molecule has 1 amide bonds. The molecule has 0 heterocycles. The van der Waals surface area contributed by atoms with Crippen molar-refractivity contribution >= 4 is 17.3 Å². The smallest absolute Gasteiger partial charge is 0.241 e. The van der Waals surface area contributed by atoms with Gasteiger partial charge in [-0.15, -0.1) is 0 Å². The summed E-state index contributed by atoms with van der Waals surface area (Å²) in [6.07, 6.45) is 2.43. The zero-order valence-corrected chi connectivity index (χ0v) is 10.3. The molecule has 1 saturated carbocycles. The zero-order chi connectivity index (χ0) is 12.3. The molecule has 92 valence electrons. The summed E-state index contributed by atoms with van der Waals surface area (Å²) >= 11 is 0. The van der Waals surface area contributed by atoms with Crippen LogP contribution in [0.3, 0.4) is 0 Å². The van der Waals surface area contributed by atoms with Gasteiger partial charge in [-0.25, -0.2) is 0 Å². The van der Waals surface area contributed by atoms with Crippen molar-refractivity contribution in [3.63, 3.8) is 0 Å². The van der Waals surface area contributed by atoms with E-state index >= 15 is 0 Å². The molecule has 0 bridgehead atoms. The SMILES string of the molecule is CNC(C)C(=O)Nc1ccccc1NC1CC1. The maximum atomic E-state index is 11.8. The van der Waals surface area contributed by atoms with E-state index < -0.39 is 0 Å². The van der Waals surface area contributed by atoms with Crippen molar-refractivity contribution in [3.05, 3.63) is 24.3 Å². The van der Waals surface area contributed by atoms with Crippen molar-refractivity contribution in [1.29, 1.82) is 0 Å². The number of hydrogen-bond donors (Lipinski definition) is 3. The van der Waals surface area contributed by atoms with E-state index in [2.05, 4.69) is 16.0 Å². The quantitative estimate of drug-likeness (QED) is 0.727. The van der Waals surface area contributed by atoms with Gasteiger partial charge in [0.1, 0.15) is 0 Å². The molecule has 1 aromatic rings. The molecule has 0 radical (unpaired) electrons. The van der Waals surface area contributed by atoms with Crippen LogP contribution in [0.4, 0.5) is 11.4 Å². The first-order valence-corrected chi connectivity index (χ1v) is 6.04. The number of likely N-dealkylation sites (N-methyl/N-ethyl adjacent to an activating group) is 1. The summed E-state index contributed by atoms with van der Waals surface area (Å²) in [5.41, 5.74) is 1.86. The highest BCUT2D eigenvalue weighted by Gasteiger charge is 2.22. The molecule has 2 rings (SSSR count). The largest absolute Gasteiger partial charge is 0.381 e. The first-order chi connectivity index (χ1) is 8.20. The number of carbonyl (C=O) groups is 1. The second kappa shape index (κ2) is 5.19. The van der Waals surface area contributed by atoms with Gasteiger partial charge in [0.25, 0.3) is 0 Å². The number of hydrogen-bond acceptors (Lipinski definition) is 3. The van der Waals surface area contributed by atoms with E-state index in [1.807, 2.05) is 31.2 Å². The number of para-hydroxylation sites is 2. The highest BCUT2D eigenvalue weighted by molar-refractivity contribution is 5.97. The van der Waals surface area contributed by atoms with Crippen LogP contribution < -0.4 is 16.0 Å². The molecule has 3 N–H and O–H groups in total. The molecule has 1 aromatic carbocycles. The van der Waals surface area contributed by atoms with Gasteiger partial charge in [0.05, 0.1) is 17.4 Å². The molecule has 1 aliphatic carbocycles. The van der Waals surface area contributed by atoms with E-state index in [9.17, 15) is 4.79 Å². The summed E-state index contributed by atoms with van der Waals surface area (Å²) in [5, 5.41) is 9.27. The predicted molar refractivity (Wildman–Crippen MR) is 70.2 cm³/mol. The van der Waals surface area contributed by atoms with Crippen molar-refractivity contribution < 1.29 is 4.79 Å². The van der Waals surface area contributed by atoms with Crippen LogP contribution in [0.5, 0.6) is 0 Å². The molecule has 17 heavy (non-hydrogen) atoms. The van der Waals surface area contributed by atoms with Crippen molar-refractivity contribution in [2.75, 3.05) is 17.7 Å². The lowest BCUT2D eigenvalue weighted by atomic mass is 10.2. The molecule has 1 fully saturated rings. The highest BCUT2D eigenvalue weighted by Crippen LogP contribution is 2.29. The molecular weight excluding hydrogens is 214 g/mol. The second-order valence-electron chi connectivity index (χ2n) is 4.46. The minimum Gasteiger partial charge on any atom is -0.381 e. The van der Waals surface area contributed by atoms with E-state index in [1.54, 1.807) is 7.05 Å². The fraction of sp³-hybridized carbons (Fsp3) is 0.462. The number of benzene rings is 1. The Labute approximate surface area is 102 Å². The Bertz CT molecular complexity index is 401. The van der Waals surface area contributed by atoms with Gasteiger partial charge in [0.15, 0.2) is 0 Å². The summed E-state index contributed by atoms with van der Waals surface area (Å²) in [5.74, 6) is -0.0162. The molecule has 1 unspecified atom stereocenters. The minimum absolute atomic E-state index is 0.0162. The Morgan fingerprint density at radius 3 is 2.53 bits per heavy atom. The van der Waals surface area contributed by atoms with Crippen LogP contribution in [0.15, 0.2) is 24.3 Å². The first kappa shape index (κ1) is 11.9. The Morgan fingerprint density at radius 1 is 1.29 bits per heavy atom. The van der Waals surface area contributed by atoms with Crippen LogP contribution in [-0.4, -0.2) is 25.0 Å². The van der Waals surface area contributed by atoms with Crippen LogP contribution in [0.1, 0.15) is 19.8 Å². The van der Waals surface area contributed by atoms with Crippen LogP contribution >= 0.6 is 0 Å². The highest BCUT2D eigenvalue weighted by atomic mass is 16.2. The molecule has 0 aromatic heterocycles. The average Bonchev–Trinajstić information content (AvgIpc) is 3.14. The standard InChI is InChI=1S/C13H19N3O/c1-9(14-2)13(17)16-12-6-4-3-5-11(12)15-10-7-8-10/h3-6,9-10,14-15H,7-8H2,1-2H3,(H,16,17). The lowest BCUT2D eigenvalue weighted by Gasteiger charge is -2.15. The minimum atomic E-state index is -0.191. The van der Waals surface area contributed by atoms with Crippen molar-refractivity contribution in [2.45, 2.75) is 31.8 Å². The molecular formula is C13H19N3O. The van der Waals surface area contributed by atoms with E-state index in [0.717, 1.165) is 11.4 Å². The fourth-order valence-corrected chi connectivity index (χ4v) is 1.54. The Balaban J connectivity index is 2.05. The van der Waals surface area contributed by atoms with Crippen molar-refractivity contribution in [2.24, 2.45) is 0 Å². The zero-order valence-electron chi connectivity index (χ0n) is 10.3. The van der Waals surface area contributed by atoms with Crippen LogP contribution in [0.25, 0.3) is 0 Å². The van der Waals surface area contributed by atoms with Gasteiger partial charge in [-0.3, -0.25) is 4.79 Å². The van der Waals surface area contributed by atoms with Gasteiger partial charge in [-0.2, -0.15) is 0 Å². The van der Waals surface area contributed by atoms with E-state index in [-0.39, 0.29) is 11.9 Å². The number of nitrogens with one attached hydrogen (secondary N) is 3. The normalized spacial score (nSPS) is 16.4. The first-order valence-electron chi connectivity index (χ1n) is 6.04. The third-order valence-electron chi connectivity index (χ3n) is 2.95. The molecule has 1 atom stereocenters. The topological polar surface area (TPSA) is 53.2 Å². The molecule has 4 heteroatoms. The fourth-order valence-electron chi connectivity index (χ4n) is 1.54. The van der Waals surface area contributed by atoms with Gasteiger partial charge in [0.2, 0.25) is 5.91 Å². The Kier molecular flexibility index (Phi) is 3.64. The maximum absolute atomic E-state index is 11.8. The van der Waals surface area contributed by atoms with Crippen LogP contribution in [-0.2, 0) is 4.79 Å². The summed E-state index contributed by atoms with van der Waals surface area (Å²) in [7, 11) is 1.78. The summed E-state index contributed by atoms with van der Waals surface area (Å²) in [6.45, 7) is 1.84. The lowest BCUT2D eigenvalue weighted by Crippen LogP contribution is -2.35. The molecule has 0 saturated heterocycles. The van der Waals surface area contributed by atoms with E-state index in [1.165, 1.54) is 12.8 Å². The van der Waals surface area contributed by atoms with Gasteiger partial charge < -0.3 is 16.0 Å².